The molecule has 13 aromatic carbocycles. The molecule has 0 fully saturated rings. The molecular weight excluding hydrogens is 1030 g/mol. The van der Waals surface area contributed by atoms with Crippen molar-refractivity contribution >= 4 is 21.5 Å². The molecule has 0 N–H and O–H groups in total. The maximum atomic E-state index is 2.56. The average molecular weight is 1100 g/mol. The lowest BCUT2D eigenvalue weighted by atomic mass is 9.78. The molecule has 0 atom stereocenters. The zero-order chi connectivity index (χ0) is 57.7. The zero-order valence-corrected chi connectivity index (χ0v) is 49.9. The third-order valence-corrected chi connectivity index (χ3v) is 22.2. The van der Waals surface area contributed by atoms with E-state index in [1.54, 1.807) is 0 Å². The topological polar surface area (TPSA) is 0 Å². The first-order chi connectivity index (χ1) is 41.7. The van der Waals surface area contributed by atoms with Crippen molar-refractivity contribution in [3.63, 3.8) is 0 Å². The van der Waals surface area contributed by atoms with Crippen LogP contribution in [-0.4, -0.2) is 0 Å². The van der Waals surface area contributed by atoms with E-state index in [0.29, 0.717) is 0 Å². The van der Waals surface area contributed by atoms with E-state index in [-0.39, 0.29) is 21.7 Å². The minimum atomic E-state index is -0.153. The van der Waals surface area contributed by atoms with E-state index in [1.807, 2.05) is 0 Å². The first-order valence-corrected chi connectivity index (χ1v) is 31.1. The summed E-state index contributed by atoms with van der Waals surface area (Å²) in [6.45, 7) is 19.3. The van der Waals surface area contributed by atoms with E-state index in [9.17, 15) is 0 Å². The van der Waals surface area contributed by atoms with Gasteiger partial charge < -0.3 is 0 Å². The summed E-state index contributed by atoms with van der Waals surface area (Å²) < 4.78 is 0. The summed E-state index contributed by atoms with van der Waals surface area (Å²) in [7, 11) is 0. The molecule has 0 unspecified atom stereocenters. The maximum absolute atomic E-state index is 2.56. The number of hydrogen-bond acceptors (Lipinski definition) is 0. The van der Waals surface area contributed by atoms with Crippen LogP contribution in [0.15, 0.2) is 231 Å². The van der Waals surface area contributed by atoms with Crippen LogP contribution < -0.4 is 0 Å². The molecule has 0 spiro atoms. The van der Waals surface area contributed by atoms with Crippen molar-refractivity contribution in [1.29, 1.82) is 0 Å². The summed E-state index contributed by atoms with van der Waals surface area (Å²) in [5.41, 5.74) is 42.3. The molecular formula is C86H62. The molecule has 0 heteroatoms. The lowest BCUT2D eigenvalue weighted by Crippen LogP contribution is -2.15. The predicted octanol–water partition coefficient (Wildman–Crippen LogP) is 23.2. The number of rotatable bonds is 4. The van der Waals surface area contributed by atoms with E-state index in [0.717, 1.165) is 0 Å². The van der Waals surface area contributed by atoms with Gasteiger partial charge in [-0.3, -0.25) is 0 Å². The molecule has 13 aromatic rings. The van der Waals surface area contributed by atoms with E-state index in [4.69, 9.17) is 0 Å². The molecule has 6 aliphatic carbocycles. The standard InChI is InChI=1S/C86H62/c1-83(2)67-25-15-11-19-53(67)57-33-29-47(43-71(57)83)51-37-38-52(48-30-34-58-54-20-12-16-26-68(54)84(3,4)72(58)44-48)78-64-40-42-66-80-65(41-39-63(77(51)78)79(64)80)81-75(49-31-35-59-55-21-13-17-27-69(55)85(5,6)73(59)45-49)61-23-9-10-24-62(61)76(82(66)81)50-32-36-60-56-22-14-18-28-70(56)86(7,8)74(60)46-50/h9-46H,1-8H3. The van der Waals surface area contributed by atoms with Crippen molar-refractivity contribution in [2.45, 2.75) is 77.0 Å². The molecule has 0 amide bonds. The molecule has 0 saturated heterocycles. The first-order valence-electron chi connectivity index (χ1n) is 31.1. The van der Waals surface area contributed by atoms with Crippen LogP contribution in [0.2, 0.25) is 0 Å². The lowest BCUT2D eigenvalue weighted by Gasteiger charge is -2.25. The van der Waals surface area contributed by atoms with Gasteiger partial charge in [-0.05, 0) is 224 Å². The van der Waals surface area contributed by atoms with Gasteiger partial charge in [0.05, 0.1) is 0 Å². The van der Waals surface area contributed by atoms with Gasteiger partial charge in [0.1, 0.15) is 0 Å². The second-order valence-electron chi connectivity index (χ2n) is 27.8. The zero-order valence-electron chi connectivity index (χ0n) is 49.9. The van der Waals surface area contributed by atoms with Gasteiger partial charge in [0, 0.05) is 21.7 Å². The van der Waals surface area contributed by atoms with Crippen molar-refractivity contribution in [2.24, 2.45) is 0 Å². The molecule has 0 nitrogen and oxygen atoms in total. The van der Waals surface area contributed by atoms with Crippen LogP contribution in [0.25, 0.3) is 155 Å². The number of benzene rings is 13. The van der Waals surface area contributed by atoms with Gasteiger partial charge in [0.25, 0.3) is 0 Å². The van der Waals surface area contributed by atoms with Crippen LogP contribution >= 0.6 is 0 Å². The summed E-state index contributed by atoms with van der Waals surface area (Å²) in [4.78, 5) is 0. The summed E-state index contributed by atoms with van der Waals surface area (Å²) in [5.74, 6) is 0. The Morgan fingerprint density at radius 1 is 0.174 bits per heavy atom. The first kappa shape index (κ1) is 48.7. The van der Waals surface area contributed by atoms with Gasteiger partial charge >= 0.3 is 0 Å². The van der Waals surface area contributed by atoms with Gasteiger partial charge in [0.15, 0.2) is 0 Å². The molecule has 19 rings (SSSR count). The third kappa shape index (κ3) is 5.91. The Morgan fingerprint density at radius 2 is 0.407 bits per heavy atom. The Labute approximate surface area is 504 Å². The lowest BCUT2D eigenvalue weighted by molar-refractivity contribution is 0.660. The molecule has 0 radical (unpaired) electrons. The highest BCUT2D eigenvalue weighted by atomic mass is 14.5. The second kappa shape index (κ2) is 16.2. The summed E-state index contributed by atoms with van der Waals surface area (Å²) in [6, 6.07) is 90.1. The molecule has 0 aromatic heterocycles. The molecule has 0 bridgehead atoms. The van der Waals surface area contributed by atoms with Crippen LogP contribution in [0.1, 0.15) is 99.9 Å². The minimum Gasteiger partial charge on any atom is -0.0619 e. The normalized spacial score (nSPS) is 15.8. The van der Waals surface area contributed by atoms with Crippen LogP contribution in [-0.2, 0) is 21.7 Å². The van der Waals surface area contributed by atoms with Gasteiger partial charge in [0.2, 0.25) is 0 Å². The van der Waals surface area contributed by atoms with Crippen molar-refractivity contribution in [3.8, 4) is 134 Å². The minimum absolute atomic E-state index is 0.132. The molecule has 406 valence electrons. The maximum Gasteiger partial charge on any atom is 0.0159 e. The SMILES string of the molecule is CC1(C)c2ccccc2-c2ccc(-c3ccc(-c4ccc5c(c4)C(C)(C)c4ccccc4-5)c4c3-c3ccc5c6c(ccc-4c36)-c3c-5c(-c4ccc5c(c4)C(C)(C)c4ccccc4-5)c4ccccc4c3-c3ccc4c(c3)C(C)(C)c3ccccc3-4)cc21. The average Bonchev–Trinajstić information content (AvgIpc) is 1.52. The Bertz CT molecular complexity index is 5010. The molecule has 0 saturated carbocycles. The molecule has 86 heavy (non-hydrogen) atoms. The fraction of sp³-hybridized carbons (Fsp3) is 0.140. The Kier molecular flexibility index (Phi) is 9.19. The highest BCUT2D eigenvalue weighted by molar-refractivity contribution is 6.33. The van der Waals surface area contributed by atoms with Gasteiger partial charge in [-0.15, -0.1) is 0 Å². The van der Waals surface area contributed by atoms with Crippen LogP contribution in [0.5, 0.6) is 0 Å². The highest BCUT2D eigenvalue weighted by Gasteiger charge is 2.42. The second-order valence-corrected chi connectivity index (χ2v) is 27.8. The molecule has 0 heterocycles. The summed E-state index contributed by atoms with van der Waals surface area (Å²) in [6.07, 6.45) is 0. The van der Waals surface area contributed by atoms with Gasteiger partial charge in [-0.1, -0.05) is 262 Å². The monoisotopic (exact) mass is 1090 g/mol. The van der Waals surface area contributed by atoms with Crippen molar-refractivity contribution < 1.29 is 0 Å². The number of fused-ring (bicyclic) bond motifs is 19. The highest BCUT2D eigenvalue weighted by Crippen LogP contribution is 2.65. The Hall–Kier alpha value is -9.62. The van der Waals surface area contributed by atoms with Gasteiger partial charge in [-0.2, -0.15) is 0 Å². The Morgan fingerprint density at radius 3 is 0.733 bits per heavy atom. The van der Waals surface area contributed by atoms with E-state index in [1.165, 1.54) is 200 Å². The quantitative estimate of drug-likeness (QED) is 0.165. The largest absolute Gasteiger partial charge is 0.0619 e. The smallest absolute Gasteiger partial charge is 0.0159 e. The number of hydrogen-bond donors (Lipinski definition) is 0. The summed E-state index contributed by atoms with van der Waals surface area (Å²) in [5, 5.41) is 5.29. The molecule has 0 aliphatic heterocycles. The van der Waals surface area contributed by atoms with E-state index < -0.39 is 0 Å². The van der Waals surface area contributed by atoms with E-state index >= 15 is 0 Å². The van der Waals surface area contributed by atoms with Crippen molar-refractivity contribution in [2.75, 3.05) is 0 Å². The van der Waals surface area contributed by atoms with E-state index in [2.05, 4.69) is 286 Å². The summed E-state index contributed by atoms with van der Waals surface area (Å²) >= 11 is 0. The van der Waals surface area contributed by atoms with Gasteiger partial charge in [-0.25, -0.2) is 0 Å². The van der Waals surface area contributed by atoms with Crippen LogP contribution in [0, 0.1) is 0 Å². The van der Waals surface area contributed by atoms with Crippen LogP contribution in [0.4, 0.5) is 0 Å². The fourth-order valence-electron chi connectivity index (χ4n) is 18.0. The van der Waals surface area contributed by atoms with Crippen LogP contribution in [0.3, 0.4) is 0 Å². The van der Waals surface area contributed by atoms with Crippen molar-refractivity contribution in [3.05, 3.63) is 275 Å². The predicted molar refractivity (Wildman–Crippen MR) is 362 cm³/mol. The Balaban J connectivity index is 0.896. The third-order valence-electron chi connectivity index (χ3n) is 22.2. The fourth-order valence-corrected chi connectivity index (χ4v) is 18.0. The molecule has 6 aliphatic rings. The van der Waals surface area contributed by atoms with Crippen molar-refractivity contribution in [1.82, 2.24) is 0 Å².